The summed E-state index contributed by atoms with van der Waals surface area (Å²) in [6, 6.07) is 5.33. The van der Waals surface area contributed by atoms with E-state index in [1.807, 2.05) is 13.1 Å². The highest BCUT2D eigenvalue weighted by Gasteiger charge is 2.67. The highest BCUT2D eigenvalue weighted by atomic mass is 16.6. The van der Waals surface area contributed by atoms with Gasteiger partial charge in [-0.2, -0.15) is 0 Å². The molecule has 7 rings (SSSR count). The molecule has 2 bridgehead atoms. The lowest BCUT2D eigenvalue weighted by Crippen LogP contribution is -2.69. The van der Waals surface area contributed by atoms with E-state index < -0.39 is 6.04 Å². The number of aromatic hydroxyl groups is 1. The van der Waals surface area contributed by atoms with Gasteiger partial charge >= 0.3 is 0 Å². The second-order valence-corrected chi connectivity index (χ2v) is 11.5. The summed E-state index contributed by atoms with van der Waals surface area (Å²) in [7, 11) is 1.84. The number of benzene rings is 1. The van der Waals surface area contributed by atoms with E-state index in [1.54, 1.807) is 41.7 Å². The second-order valence-electron chi connectivity index (χ2n) is 11.5. The van der Waals surface area contributed by atoms with Crippen LogP contribution < -0.4 is 4.74 Å². The number of furan rings is 1. The molecule has 2 unspecified atom stereocenters. The number of carbonyl (C=O) groups excluding carboxylic acids is 1. The Hall–Kier alpha value is -3.33. The first-order valence-electron chi connectivity index (χ1n) is 13.2. The van der Waals surface area contributed by atoms with Gasteiger partial charge in [-0.25, -0.2) is 0 Å². The maximum atomic E-state index is 13.2. The smallest absolute Gasteiger partial charge is 0.246 e. The molecular weight excluding hydrogens is 474 g/mol. The maximum Gasteiger partial charge on any atom is 0.246 e. The Bertz CT molecular complexity index is 1290. The minimum absolute atomic E-state index is 0.0885. The molecule has 3 fully saturated rings. The van der Waals surface area contributed by atoms with Gasteiger partial charge in [0.05, 0.1) is 18.6 Å². The number of phenolic OH excluding ortho intramolecular Hbond substituents is 1. The van der Waals surface area contributed by atoms with Crippen molar-refractivity contribution in [2.24, 2.45) is 11.8 Å². The first kappa shape index (κ1) is 22.8. The maximum absolute atomic E-state index is 13.2. The molecule has 1 saturated heterocycles. The summed E-state index contributed by atoms with van der Waals surface area (Å²) in [5.74, 6) is 1.14. The van der Waals surface area contributed by atoms with Crippen molar-refractivity contribution in [3.05, 3.63) is 63.6 Å². The number of likely N-dealkylation sites (N-methyl/N-ethyl adjacent to an activating group) is 1. The van der Waals surface area contributed by atoms with E-state index in [2.05, 4.69) is 4.90 Å². The average molecular weight is 506 g/mol. The summed E-state index contributed by atoms with van der Waals surface area (Å²) >= 11 is 0. The summed E-state index contributed by atoms with van der Waals surface area (Å²) in [6.07, 6.45) is 10.4. The number of phenols is 1. The van der Waals surface area contributed by atoms with Crippen LogP contribution in [0.2, 0.25) is 0 Å². The summed E-state index contributed by atoms with van der Waals surface area (Å²) in [4.78, 5) is 28.7. The van der Waals surface area contributed by atoms with E-state index in [4.69, 9.17) is 9.15 Å². The van der Waals surface area contributed by atoms with Gasteiger partial charge < -0.3 is 19.2 Å². The molecule has 1 N–H and O–H groups in total. The fraction of sp³-hybridized carbons (Fsp3) is 0.536. The third kappa shape index (κ3) is 3.29. The molecule has 194 valence electrons. The molecule has 3 aliphatic carbocycles. The van der Waals surface area contributed by atoms with Crippen molar-refractivity contribution in [3.63, 3.8) is 0 Å². The molecule has 2 aliphatic heterocycles. The van der Waals surface area contributed by atoms with Crippen LogP contribution in [0, 0.1) is 22.0 Å². The van der Waals surface area contributed by atoms with Gasteiger partial charge in [0.2, 0.25) is 11.9 Å². The van der Waals surface area contributed by atoms with E-state index in [0.29, 0.717) is 24.1 Å². The van der Waals surface area contributed by atoms with Crippen LogP contribution in [-0.2, 0) is 16.6 Å². The topological polar surface area (TPSA) is 109 Å². The molecule has 9 heteroatoms. The van der Waals surface area contributed by atoms with Gasteiger partial charge in [0.1, 0.15) is 6.10 Å². The number of piperidine rings is 1. The van der Waals surface area contributed by atoms with Crippen LogP contribution in [0.25, 0.3) is 6.08 Å². The number of amides is 1. The summed E-state index contributed by atoms with van der Waals surface area (Å²) in [5.41, 5.74) is 2.92. The van der Waals surface area contributed by atoms with Crippen LogP contribution in [0.15, 0.2) is 41.2 Å². The van der Waals surface area contributed by atoms with Crippen LogP contribution in [0.3, 0.4) is 0 Å². The molecule has 1 aromatic heterocycles. The SMILES string of the molecule is CN(C(=O)C=Cc1ccoc1)[C@@H]1CC[C@H]2[C@H]3Cc4ccc(O)c5c4[C@@]2(CCN3CC2CC2[N+](=O)[O-])[C@H]1O5. The van der Waals surface area contributed by atoms with Gasteiger partial charge in [-0.05, 0) is 61.9 Å². The zero-order chi connectivity index (χ0) is 25.5. The monoisotopic (exact) mass is 505 g/mol. The van der Waals surface area contributed by atoms with Gasteiger partial charge in [-0.1, -0.05) is 6.07 Å². The molecule has 5 aliphatic rings. The molecule has 37 heavy (non-hydrogen) atoms. The number of likely N-dealkylation sites (tertiary alicyclic amines) is 1. The third-order valence-corrected chi connectivity index (χ3v) is 9.83. The number of nitrogens with zero attached hydrogens (tertiary/aromatic N) is 3. The first-order chi connectivity index (χ1) is 17.9. The number of ether oxygens (including phenoxy) is 1. The second kappa shape index (κ2) is 8.08. The Morgan fingerprint density at radius 2 is 2.22 bits per heavy atom. The molecule has 2 aromatic rings. The number of nitro groups is 1. The van der Waals surface area contributed by atoms with Gasteiger partial charge in [0.15, 0.2) is 11.5 Å². The zero-order valence-corrected chi connectivity index (χ0v) is 20.8. The van der Waals surface area contributed by atoms with Crippen molar-refractivity contribution in [3.8, 4) is 11.5 Å². The molecule has 9 nitrogen and oxygen atoms in total. The highest BCUT2D eigenvalue weighted by Crippen LogP contribution is 2.64. The predicted molar refractivity (Wildman–Crippen MR) is 134 cm³/mol. The lowest BCUT2D eigenvalue weighted by Gasteiger charge is -2.60. The number of rotatable bonds is 6. The Labute approximate surface area is 214 Å². The Morgan fingerprint density at radius 3 is 2.97 bits per heavy atom. The largest absolute Gasteiger partial charge is 0.504 e. The van der Waals surface area contributed by atoms with Crippen molar-refractivity contribution in [1.29, 1.82) is 0 Å². The quantitative estimate of drug-likeness (QED) is 0.365. The highest BCUT2D eigenvalue weighted by molar-refractivity contribution is 5.91. The number of carbonyl (C=O) groups is 1. The van der Waals surface area contributed by atoms with E-state index in [-0.39, 0.29) is 40.1 Å². The molecule has 7 atom stereocenters. The molecule has 1 amide bonds. The van der Waals surface area contributed by atoms with Gasteiger partial charge in [0, 0.05) is 59.5 Å². The fourth-order valence-corrected chi connectivity index (χ4v) is 8.03. The van der Waals surface area contributed by atoms with Crippen molar-refractivity contribution in [2.45, 2.75) is 61.7 Å². The molecular formula is C28H31N3O6. The Morgan fingerprint density at radius 1 is 1.35 bits per heavy atom. The normalized spacial score (nSPS) is 35.2. The molecule has 2 saturated carbocycles. The van der Waals surface area contributed by atoms with E-state index >= 15 is 0 Å². The van der Waals surface area contributed by atoms with Crippen molar-refractivity contribution >= 4 is 12.0 Å². The first-order valence-corrected chi connectivity index (χ1v) is 13.2. The average Bonchev–Trinajstić information content (AvgIpc) is 3.29. The molecule has 0 radical (unpaired) electrons. The van der Waals surface area contributed by atoms with E-state index in [1.165, 1.54) is 5.56 Å². The minimum Gasteiger partial charge on any atom is -0.504 e. The van der Waals surface area contributed by atoms with Crippen LogP contribution >= 0.6 is 0 Å². The van der Waals surface area contributed by atoms with Gasteiger partial charge in [-0.3, -0.25) is 19.8 Å². The zero-order valence-electron chi connectivity index (χ0n) is 20.8. The summed E-state index contributed by atoms with van der Waals surface area (Å²) < 4.78 is 11.7. The van der Waals surface area contributed by atoms with E-state index in [0.717, 1.165) is 49.9 Å². The number of hydrogen-bond acceptors (Lipinski definition) is 7. The van der Waals surface area contributed by atoms with Gasteiger partial charge in [0.25, 0.3) is 0 Å². The predicted octanol–water partition coefficient (Wildman–Crippen LogP) is 3.23. The number of hydrogen-bond donors (Lipinski definition) is 1. The van der Waals surface area contributed by atoms with Crippen molar-refractivity contribution < 1.29 is 24.0 Å². The standard InChI is InChI=1S/C28H31N3O6/c1-29(24(33)7-2-16-8-11-36-15-16)20-5-4-19-22-12-17-3-6-23(32)26-25(17)28(19,27(20)37-26)9-10-30(22)14-18-13-21(18)31(34)35/h2-3,6-8,11,15,18-22,27,32H,4-5,9-10,12-14H2,1H3/t18?,19-,20+,21?,22+,27-,28-/m0/s1. The van der Waals surface area contributed by atoms with Crippen LogP contribution in [0.1, 0.15) is 42.4 Å². The molecule has 3 heterocycles. The molecule has 1 aromatic carbocycles. The lowest BCUT2D eigenvalue weighted by atomic mass is 9.51. The van der Waals surface area contributed by atoms with E-state index in [9.17, 15) is 20.0 Å². The summed E-state index contributed by atoms with van der Waals surface area (Å²) in [6.45, 7) is 1.62. The van der Waals surface area contributed by atoms with Crippen LogP contribution in [0.5, 0.6) is 11.5 Å². The van der Waals surface area contributed by atoms with Crippen molar-refractivity contribution in [2.75, 3.05) is 20.1 Å². The third-order valence-electron chi connectivity index (χ3n) is 9.83. The minimum atomic E-state index is -0.400. The van der Waals surface area contributed by atoms with Gasteiger partial charge in [-0.15, -0.1) is 0 Å². The van der Waals surface area contributed by atoms with Crippen molar-refractivity contribution in [1.82, 2.24) is 9.80 Å². The summed E-state index contributed by atoms with van der Waals surface area (Å²) in [5, 5.41) is 22.1. The lowest BCUT2D eigenvalue weighted by molar-refractivity contribution is -0.498. The fourth-order valence-electron chi connectivity index (χ4n) is 8.03. The molecule has 1 spiro atoms. The Balaban J connectivity index is 1.21. The van der Waals surface area contributed by atoms with Crippen LogP contribution in [-0.4, -0.2) is 70.1 Å². The Kier molecular flexibility index (Phi) is 4.99. The van der Waals surface area contributed by atoms with Crippen LogP contribution in [0.4, 0.5) is 0 Å².